The quantitative estimate of drug-likeness (QED) is 0.258. The van der Waals surface area contributed by atoms with Crippen LogP contribution in [0.1, 0.15) is 63.0 Å². The molecule has 8 heteroatoms. The molecule has 0 spiro atoms. The number of hydrogen-bond acceptors (Lipinski definition) is 4. The standard InChI is InChI=1S/C20H34NO6P/c1-2-3-4-5-6-9-17-10-7-11-18(14-17)12-8-13-20(23)21-19(15-22)16-27-28(24,25)26/h7,10-11,14,19,22H,2-6,8-9,12-13,15-16H2,1H3,(H,21,23)(H2,24,25,26)/t19-/m1/s1. The van der Waals surface area contributed by atoms with Crippen molar-refractivity contribution in [1.82, 2.24) is 5.32 Å². The van der Waals surface area contributed by atoms with Crippen LogP contribution >= 0.6 is 7.82 Å². The SMILES string of the molecule is CCCCCCCc1cccc(CCCC(=O)N[C@H](CO)COP(=O)(O)O)c1. The van der Waals surface area contributed by atoms with Gasteiger partial charge in [0.2, 0.25) is 5.91 Å². The van der Waals surface area contributed by atoms with E-state index in [9.17, 15) is 14.5 Å². The fraction of sp³-hybridized carbons (Fsp3) is 0.650. The maximum Gasteiger partial charge on any atom is 0.469 e. The first-order valence-electron chi connectivity index (χ1n) is 10.0. The highest BCUT2D eigenvalue weighted by Gasteiger charge is 2.19. The summed E-state index contributed by atoms with van der Waals surface area (Å²) in [5.74, 6) is -0.277. The van der Waals surface area contributed by atoms with Gasteiger partial charge in [0.05, 0.1) is 19.3 Å². The molecule has 0 unspecified atom stereocenters. The van der Waals surface area contributed by atoms with E-state index in [2.05, 4.69) is 41.0 Å². The maximum absolute atomic E-state index is 11.9. The number of hydrogen-bond donors (Lipinski definition) is 4. The van der Waals surface area contributed by atoms with E-state index in [4.69, 9.17) is 9.79 Å². The van der Waals surface area contributed by atoms with Gasteiger partial charge in [0.15, 0.2) is 0 Å². The van der Waals surface area contributed by atoms with E-state index in [1.165, 1.54) is 43.2 Å². The van der Waals surface area contributed by atoms with Crippen molar-refractivity contribution >= 4 is 13.7 Å². The average Bonchev–Trinajstić information content (AvgIpc) is 2.64. The van der Waals surface area contributed by atoms with Crippen LogP contribution in [-0.4, -0.2) is 40.1 Å². The van der Waals surface area contributed by atoms with Gasteiger partial charge in [-0.25, -0.2) is 4.57 Å². The summed E-state index contributed by atoms with van der Waals surface area (Å²) in [6.07, 6.45) is 9.08. The summed E-state index contributed by atoms with van der Waals surface area (Å²) in [7, 11) is -4.62. The van der Waals surface area contributed by atoms with Crippen molar-refractivity contribution in [2.45, 2.75) is 70.8 Å². The number of aliphatic hydroxyl groups is 1. The Bertz CT molecular complexity index is 618. The lowest BCUT2D eigenvalue weighted by Crippen LogP contribution is -2.40. The van der Waals surface area contributed by atoms with E-state index < -0.39 is 27.1 Å². The number of aliphatic hydroxyl groups excluding tert-OH is 1. The van der Waals surface area contributed by atoms with Gasteiger partial charge in [-0.2, -0.15) is 0 Å². The lowest BCUT2D eigenvalue weighted by molar-refractivity contribution is -0.122. The molecule has 4 N–H and O–H groups in total. The van der Waals surface area contributed by atoms with E-state index in [1.54, 1.807) is 0 Å². The van der Waals surface area contributed by atoms with Gasteiger partial charge >= 0.3 is 7.82 Å². The molecule has 28 heavy (non-hydrogen) atoms. The fourth-order valence-corrected chi connectivity index (χ4v) is 3.33. The monoisotopic (exact) mass is 415 g/mol. The topological polar surface area (TPSA) is 116 Å². The lowest BCUT2D eigenvalue weighted by atomic mass is 10.0. The van der Waals surface area contributed by atoms with Crippen LogP contribution in [0.25, 0.3) is 0 Å². The number of nitrogens with one attached hydrogen (secondary N) is 1. The molecule has 160 valence electrons. The normalized spacial score (nSPS) is 12.7. The van der Waals surface area contributed by atoms with Gasteiger partial charge in [0, 0.05) is 6.42 Å². The first-order valence-corrected chi connectivity index (χ1v) is 11.5. The third-order valence-electron chi connectivity index (χ3n) is 4.46. The number of phosphoric ester groups is 1. The maximum atomic E-state index is 11.9. The molecule has 1 amide bonds. The van der Waals surface area contributed by atoms with Crippen molar-refractivity contribution in [2.24, 2.45) is 0 Å². The number of unbranched alkanes of at least 4 members (excludes halogenated alkanes) is 4. The molecule has 0 aliphatic heterocycles. The largest absolute Gasteiger partial charge is 0.469 e. The first kappa shape index (κ1) is 24.8. The Balaban J connectivity index is 2.31. The Morgan fingerprint density at radius 1 is 1.11 bits per heavy atom. The highest BCUT2D eigenvalue weighted by Crippen LogP contribution is 2.35. The zero-order valence-corrected chi connectivity index (χ0v) is 17.6. The van der Waals surface area contributed by atoms with Crippen molar-refractivity contribution < 1.29 is 28.8 Å². The van der Waals surface area contributed by atoms with Gasteiger partial charge in [-0.15, -0.1) is 0 Å². The Morgan fingerprint density at radius 3 is 2.36 bits per heavy atom. The van der Waals surface area contributed by atoms with Crippen LogP contribution in [0.5, 0.6) is 0 Å². The predicted octanol–water partition coefficient (Wildman–Crippen LogP) is 3.11. The van der Waals surface area contributed by atoms with Crippen molar-refractivity contribution in [3.05, 3.63) is 35.4 Å². The minimum atomic E-state index is -4.62. The number of carbonyl (C=O) groups excluding carboxylic acids is 1. The molecule has 1 atom stereocenters. The summed E-state index contributed by atoms with van der Waals surface area (Å²) in [4.78, 5) is 29.3. The number of carbonyl (C=O) groups is 1. The van der Waals surface area contributed by atoms with Crippen molar-refractivity contribution in [1.29, 1.82) is 0 Å². The fourth-order valence-electron chi connectivity index (χ4n) is 2.95. The summed E-state index contributed by atoms with van der Waals surface area (Å²) in [6, 6.07) is 7.61. The predicted molar refractivity (Wildman–Crippen MR) is 109 cm³/mol. The van der Waals surface area contributed by atoms with Gasteiger partial charge in [-0.3, -0.25) is 9.32 Å². The zero-order chi connectivity index (χ0) is 20.8. The minimum absolute atomic E-state index is 0.271. The van der Waals surface area contributed by atoms with Gasteiger partial charge in [0.25, 0.3) is 0 Å². The van der Waals surface area contributed by atoms with Crippen LogP contribution < -0.4 is 5.32 Å². The van der Waals surface area contributed by atoms with Gasteiger partial charge in [0.1, 0.15) is 0 Å². The Morgan fingerprint density at radius 2 is 1.75 bits per heavy atom. The molecule has 0 aliphatic rings. The molecule has 0 fully saturated rings. The molecule has 0 aliphatic carbocycles. The van der Waals surface area contributed by atoms with Crippen LogP contribution in [0, 0.1) is 0 Å². The molecular formula is C20H34NO6P. The summed E-state index contributed by atoms with van der Waals surface area (Å²) in [5, 5.41) is 11.7. The van der Waals surface area contributed by atoms with Crippen LogP contribution in [0.2, 0.25) is 0 Å². The summed E-state index contributed by atoms with van der Waals surface area (Å²) in [6.45, 7) is 1.32. The smallest absolute Gasteiger partial charge is 0.394 e. The summed E-state index contributed by atoms with van der Waals surface area (Å²) >= 11 is 0. The summed E-state index contributed by atoms with van der Waals surface area (Å²) in [5.41, 5.74) is 2.52. The van der Waals surface area contributed by atoms with Gasteiger partial charge in [-0.05, 0) is 36.8 Å². The third kappa shape index (κ3) is 12.3. The zero-order valence-electron chi connectivity index (χ0n) is 16.7. The molecular weight excluding hydrogens is 381 g/mol. The van der Waals surface area contributed by atoms with Gasteiger partial charge < -0.3 is 20.2 Å². The molecule has 1 rings (SSSR count). The van der Waals surface area contributed by atoms with Crippen LogP contribution in [0.15, 0.2) is 24.3 Å². The summed E-state index contributed by atoms with van der Waals surface area (Å²) < 4.78 is 15.0. The first-order chi connectivity index (χ1) is 13.3. The van der Waals surface area contributed by atoms with Crippen LogP contribution in [0.3, 0.4) is 0 Å². The lowest BCUT2D eigenvalue weighted by Gasteiger charge is -2.16. The third-order valence-corrected chi connectivity index (χ3v) is 4.94. The number of phosphoric acid groups is 1. The molecule has 1 aromatic rings. The molecule has 7 nitrogen and oxygen atoms in total. The van der Waals surface area contributed by atoms with Crippen molar-refractivity contribution in [3.63, 3.8) is 0 Å². The molecule has 0 radical (unpaired) electrons. The van der Waals surface area contributed by atoms with E-state index in [0.717, 1.165) is 12.8 Å². The second-order valence-electron chi connectivity index (χ2n) is 7.07. The van der Waals surface area contributed by atoms with E-state index >= 15 is 0 Å². The van der Waals surface area contributed by atoms with Crippen molar-refractivity contribution in [3.8, 4) is 0 Å². The Hall–Kier alpha value is -1.24. The van der Waals surface area contributed by atoms with E-state index in [0.29, 0.717) is 6.42 Å². The molecule has 1 aromatic carbocycles. The van der Waals surface area contributed by atoms with Crippen LogP contribution in [0.4, 0.5) is 0 Å². The molecule has 0 saturated carbocycles. The average molecular weight is 415 g/mol. The minimum Gasteiger partial charge on any atom is -0.394 e. The molecule has 0 saturated heterocycles. The highest BCUT2D eigenvalue weighted by atomic mass is 31.2. The van der Waals surface area contributed by atoms with E-state index in [-0.39, 0.29) is 12.3 Å². The van der Waals surface area contributed by atoms with Gasteiger partial charge in [-0.1, -0.05) is 56.9 Å². The van der Waals surface area contributed by atoms with E-state index in [1.807, 2.05) is 0 Å². The Labute approximate surface area is 167 Å². The number of amides is 1. The number of aryl methyl sites for hydroxylation is 2. The number of benzene rings is 1. The van der Waals surface area contributed by atoms with Crippen LogP contribution in [-0.2, 0) is 26.7 Å². The number of rotatable bonds is 15. The highest BCUT2D eigenvalue weighted by molar-refractivity contribution is 7.46. The second kappa shape index (κ2) is 13.9. The Kier molecular flexibility index (Phi) is 12.3. The molecule has 0 aromatic heterocycles. The molecule has 0 bridgehead atoms. The molecule has 0 heterocycles. The van der Waals surface area contributed by atoms with Crippen molar-refractivity contribution in [2.75, 3.05) is 13.2 Å². The second-order valence-corrected chi connectivity index (χ2v) is 8.31.